The summed E-state index contributed by atoms with van der Waals surface area (Å²) in [6.07, 6.45) is -4.91. The van der Waals surface area contributed by atoms with Crippen LogP contribution >= 0.6 is 0 Å². The van der Waals surface area contributed by atoms with Crippen LogP contribution in [0.4, 0.5) is 13.2 Å². The second-order valence-corrected chi connectivity index (χ2v) is 0.600. The molecule has 39 valence electrons. The Hall–Kier alpha value is 0.785. The predicted octanol–water partition coefficient (Wildman–Crippen LogP) is 0.658. The van der Waals surface area contributed by atoms with Crippen molar-refractivity contribution < 1.29 is 57.9 Å². The summed E-state index contributed by atoms with van der Waals surface area (Å²) in [4.78, 5) is 8.58. The summed E-state index contributed by atoms with van der Waals surface area (Å²) in [5, 5.41) is 0. The molecule has 0 saturated heterocycles. The Bertz CT molecular complexity index is 58.4. The van der Waals surface area contributed by atoms with Crippen molar-refractivity contribution in [3.05, 3.63) is 0 Å². The molecule has 0 spiro atoms. The maximum Gasteiger partial charge on any atom is 0.458 e. The van der Waals surface area contributed by atoms with Gasteiger partial charge in [0.2, 0.25) is 0 Å². The van der Waals surface area contributed by atoms with Crippen molar-refractivity contribution in [3.8, 4) is 0 Å². The van der Waals surface area contributed by atoms with Crippen molar-refractivity contribution in [1.29, 1.82) is 0 Å². The summed E-state index contributed by atoms with van der Waals surface area (Å²) in [5.74, 6) is 0. The molecule has 0 saturated carbocycles. The van der Waals surface area contributed by atoms with Gasteiger partial charge in [-0.05, 0) is 0 Å². The zero-order chi connectivity index (χ0) is 5.21. The zero-order valence-corrected chi connectivity index (χ0v) is 7.15. The van der Waals surface area contributed by atoms with E-state index in [1.807, 2.05) is 0 Å². The SMILES string of the molecule is O=[C]C(F)(F)F.[Th]. The largest absolute Gasteiger partial charge is 0.458 e. The van der Waals surface area contributed by atoms with Crippen molar-refractivity contribution in [3.63, 3.8) is 0 Å². The van der Waals surface area contributed by atoms with Crippen molar-refractivity contribution in [2.45, 2.75) is 6.18 Å². The van der Waals surface area contributed by atoms with Crippen LogP contribution in [0.25, 0.3) is 0 Å². The molecule has 0 amide bonds. The first-order valence-electron chi connectivity index (χ1n) is 1.02. The normalized spacial score (nSPS) is 9.57. The van der Waals surface area contributed by atoms with E-state index in [0.717, 1.165) is 0 Å². The molecule has 0 heterocycles. The van der Waals surface area contributed by atoms with E-state index in [4.69, 9.17) is 4.79 Å². The minimum absolute atomic E-state index is 0. The Morgan fingerprint density at radius 3 is 1.43 bits per heavy atom. The quantitative estimate of drug-likeness (QED) is 0.638. The van der Waals surface area contributed by atoms with Crippen molar-refractivity contribution in [1.82, 2.24) is 0 Å². The fourth-order valence-electron chi connectivity index (χ4n) is 0. The molecular formula is C2F3OTh. The van der Waals surface area contributed by atoms with Crippen molar-refractivity contribution >= 4 is 6.29 Å². The molecule has 0 atom stereocenters. The molecule has 0 aromatic heterocycles. The summed E-state index contributed by atoms with van der Waals surface area (Å²) in [6, 6.07) is 0. The Kier molecular flexibility index (Phi) is 5.73. The Balaban J connectivity index is 0. The van der Waals surface area contributed by atoms with E-state index in [1.165, 1.54) is 0 Å². The van der Waals surface area contributed by atoms with E-state index in [9.17, 15) is 13.2 Å². The van der Waals surface area contributed by atoms with E-state index in [-0.39, 0.29) is 46.2 Å². The van der Waals surface area contributed by atoms with Gasteiger partial charge in [0.1, 0.15) is 0 Å². The summed E-state index contributed by atoms with van der Waals surface area (Å²) in [7, 11) is 0. The number of hydrogen-bond acceptors (Lipinski definition) is 1. The third-order valence-corrected chi connectivity index (χ3v) is 0.116. The van der Waals surface area contributed by atoms with Crippen LogP contribution in [0, 0.1) is 39.9 Å². The van der Waals surface area contributed by atoms with E-state index < -0.39 is 6.18 Å². The minimum atomic E-state index is -4.76. The fourth-order valence-corrected chi connectivity index (χ4v) is 0. The van der Waals surface area contributed by atoms with E-state index in [0.29, 0.717) is 0 Å². The molecule has 7 heavy (non-hydrogen) atoms. The minimum Gasteiger partial charge on any atom is -0.280 e. The molecule has 0 aliphatic heterocycles. The standard InChI is InChI=1S/C2F3O.Th/c3-2(4,5)1-6;. The van der Waals surface area contributed by atoms with Crippen LogP contribution < -0.4 is 0 Å². The van der Waals surface area contributed by atoms with Gasteiger partial charge in [0.25, 0.3) is 0 Å². The first kappa shape index (κ1) is 10.7. The number of rotatable bonds is 0. The molecule has 0 fully saturated rings. The van der Waals surface area contributed by atoms with E-state index in [1.54, 1.807) is 0 Å². The van der Waals surface area contributed by atoms with Crippen LogP contribution in [0.5, 0.6) is 0 Å². The van der Waals surface area contributed by atoms with Crippen molar-refractivity contribution in [2.24, 2.45) is 0 Å². The first-order valence-corrected chi connectivity index (χ1v) is 1.02. The Morgan fingerprint density at radius 1 is 1.29 bits per heavy atom. The monoisotopic (exact) mass is 329 g/mol. The molecule has 0 aliphatic carbocycles. The number of halogens is 3. The van der Waals surface area contributed by atoms with Gasteiger partial charge in [-0.15, -0.1) is 0 Å². The van der Waals surface area contributed by atoms with Gasteiger partial charge in [0.15, 0.2) is 0 Å². The van der Waals surface area contributed by atoms with Crippen molar-refractivity contribution in [2.75, 3.05) is 0 Å². The zero-order valence-electron chi connectivity index (χ0n) is 3.04. The molecule has 0 aromatic carbocycles. The van der Waals surface area contributed by atoms with E-state index in [2.05, 4.69) is 0 Å². The molecule has 5 heteroatoms. The molecular weight excluding hydrogens is 329 g/mol. The van der Waals surface area contributed by atoms with Gasteiger partial charge in [-0.1, -0.05) is 0 Å². The second kappa shape index (κ2) is 3.75. The smallest absolute Gasteiger partial charge is 0.280 e. The van der Waals surface area contributed by atoms with Crippen LogP contribution in [0.3, 0.4) is 0 Å². The Labute approximate surface area is 69.9 Å². The van der Waals surface area contributed by atoms with Gasteiger partial charge in [-0.25, -0.2) is 0 Å². The van der Waals surface area contributed by atoms with Gasteiger partial charge in [-0.2, -0.15) is 13.2 Å². The Morgan fingerprint density at radius 2 is 1.43 bits per heavy atom. The second-order valence-electron chi connectivity index (χ2n) is 0.600. The van der Waals surface area contributed by atoms with Gasteiger partial charge in [0, 0.05) is 39.9 Å². The average molecular weight is 329 g/mol. The van der Waals surface area contributed by atoms with Gasteiger partial charge in [-0.3, -0.25) is 4.79 Å². The summed E-state index contributed by atoms with van der Waals surface area (Å²) in [5.41, 5.74) is 0. The molecule has 1 radical (unpaired) electrons. The maximum atomic E-state index is 10.4. The van der Waals surface area contributed by atoms with Crippen LogP contribution in [0.2, 0.25) is 0 Å². The summed E-state index contributed by atoms with van der Waals surface area (Å²) in [6.45, 7) is 0. The molecule has 0 aromatic rings. The number of alkyl halides is 3. The molecule has 1 nitrogen and oxygen atoms in total. The molecule has 0 N–H and O–H groups in total. The summed E-state index contributed by atoms with van der Waals surface area (Å²) >= 11 is 0. The fraction of sp³-hybridized carbons (Fsp3) is 0.500. The van der Waals surface area contributed by atoms with Crippen LogP contribution in [-0.2, 0) is 4.79 Å². The number of carbonyl (C=O) groups excluding carboxylic acids is 1. The summed E-state index contributed by atoms with van der Waals surface area (Å²) < 4.78 is 31.1. The van der Waals surface area contributed by atoms with Crippen LogP contribution in [0.15, 0.2) is 0 Å². The van der Waals surface area contributed by atoms with Gasteiger partial charge >= 0.3 is 12.5 Å². The van der Waals surface area contributed by atoms with E-state index >= 15 is 0 Å². The van der Waals surface area contributed by atoms with Crippen LogP contribution in [-0.4, -0.2) is 12.5 Å². The molecule has 0 bridgehead atoms. The predicted molar refractivity (Wildman–Crippen MR) is 11.7 cm³/mol. The van der Waals surface area contributed by atoms with Gasteiger partial charge in [0.05, 0.1) is 0 Å². The molecule has 0 unspecified atom stereocenters. The topological polar surface area (TPSA) is 17.1 Å². The molecule has 0 aliphatic rings. The molecule has 0 rings (SSSR count). The van der Waals surface area contributed by atoms with Crippen LogP contribution in [0.1, 0.15) is 0 Å². The third kappa shape index (κ3) is 10.8. The number of hydrogen-bond donors (Lipinski definition) is 0. The van der Waals surface area contributed by atoms with Gasteiger partial charge < -0.3 is 0 Å². The maximum absolute atomic E-state index is 10.4. The first-order chi connectivity index (χ1) is 2.56. The average Bonchev–Trinajstić information content (AvgIpc) is 1.35. The third-order valence-electron chi connectivity index (χ3n) is 0.116.